The largest absolute Gasteiger partial charge is 0.459 e. The molecule has 3 aromatic rings. The molecular weight excluding hydrogens is 344 g/mol. The van der Waals surface area contributed by atoms with Crippen molar-refractivity contribution in [3.63, 3.8) is 0 Å². The van der Waals surface area contributed by atoms with Crippen LogP contribution in [0.3, 0.4) is 0 Å². The van der Waals surface area contributed by atoms with Gasteiger partial charge in [0.15, 0.2) is 5.58 Å². The van der Waals surface area contributed by atoms with Gasteiger partial charge in [-0.25, -0.2) is 4.68 Å². The van der Waals surface area contributed by atoms with E-state index in [1.807, 2.05) is 29.4 Å². The van der Waals surface area contributed by atoms with E-state index in [0.29, 0.717) is 23.0 Å². The predicted molar refractivity (Wildman–Crippen MR) is 104 cm³/mol. The minimum absolute atomic E-state index is 0.0290. The molecule has 0 spiro atoms. The zero-order chi connectivity index (χ0) is 19.3. The van der Waals surface area contributed by atoms with E-state index in [2.05, 4.69) is 18.9 Å². The van der Waals surface area contributed by atoms with Crippen LogP contribution in [-0.4, -0.2) is 37.2 Å². The number of hydrogen-bond donors (Lipinski definition) is 0. The molecule has 2 unspecified atom stereocenters. The molecule has 7 heteroatoms. The molecule has 1 fully saturated rings. The summed E-state index contributed by atoms with van der Waals surface area (Å²) in [6.45, 7) is 8.65. The fraction of sp³-hybridized carbons (Fsp3) is 0.550. The van der Waals surface area contributed by atoms with Gasteiger partial charge in [0.2, 0.25) is 5.91 Å². The third-order valence-electron chi connectivity index (χ3n) is 5.74. The molecule has 1 saturated heterocycles. The molecule has 1 aliphatic heterocycles. The number of rotatable bonds is 3. The van der Waals surface area contributed by atoms with Gasteiger partial charge in [0.25, 0.3) is 5.56 Å². The summed E-state index contributed by atoms with van der Waals surface area (Å²) in [6, 6.07) is 2.33. The SMILES string of the molecule is CCn1c2cc(C)oc2c2cnn(CC(=O)N3C(C)CCCC3C)c(=O)c21. The van der Waals surface area contributed by atoms with Gasteiger partial charge in [0.05, 0.1) is 17.1 Å². The highest BCUT2D eigenvalue weighted by atomic mass is 16.3. The molecule has 3 aromatic heterocycles. The summed E-state index contributed by atoms with van der Waals surface area (Å²) >= 11 is 0. The molecule has 2 atom stereocenters. The minimum atomic E-state index is -0.246. The summed E-state index contributed by atoms with van der Waals surface area (Å²) in [5.41, 5.74) is 1.88. The van der Waals surface area contributed by atoms with Gasteiger partial charge in [-0.3, -0.25) is 9.59 Å². The molecule has 4 heterocycles. The van der Waals surface area contributed by atoms with Crippen molar-refractivity contribution in [2.45, 2.75) is 72.1 Å². The summed E-state index contributed by atoms with van der Waals surface area (Å²) in [6.07, 6.45) is 4.79. The highest BCUT2D eigenvalue weighted by Crippen LogP contribution is 2.29. The van der Waals surface area contributed by atoms with Crippen LogP contribution in [0.4, 0.5) is 0 Å². The van der Waals surface area contributed by atoms with Gasteiger partial charge in [-0.2, -0.15) is 5.10 Å². The summed E-state index contributed by atoms with van der Waals surface area (Å²) in [7, 11) is 0. The lowest BCUT2D eigenvalue weighted by Gasteiger charge is -2.39. The van der Waals surface area contributed by atoms with E-state index in [1.165, 1.54) is 4.68 Å². The Morgan fingerprint density at radius 1 is 1.30 bits per heavy atom. The maximum atomic E-state index is 13.1. The smallest absolute Gasteiger partial charge is 0.291 e. The first kappa shape index (κ1) is 17.8. The van der Waals surface area contributed by atoms with Gasteiger partial charge in [0, 0.05) is 24.7 Å². The average molecular weight is 370 g/mol. The van der Waals surface area contributed by atoms with Crippen LogP contribution >= 0.6 is 0 Å². The molecule has 0 saturated carbocycles. The van der Waals surface area contributed by atoms with Gasteiger partial charge >= 0.3 is 0 Å². The van der Waals surface area contributed by atoms with E-state index in [1.54, 1.807) is 6.20 Å². The van der Waals surface area contributed by atoms with Gasteiger partial charge in [-0.05, 0) is 47.0 Å². The Bertz CT molecular complexity index is 1060. The first-order valence-electron chi connectivity index (χ1n) is 9.72. The van der Waals surface area contributed by atoms with Gasteiger partial charge in [0.1, 0.15) is 17.8 Å². The third-order valence-corrected chi connectivity index (χ3v) is 5.74. The number of furan rings is 1. The molecule has 144 valence electrons. The molecule has 0 radical (unpaired) electrons. The monoisotopic (exact) mass is 370 g/mol. The maximum absolute atomic E-state index is 13.1. The number of piperidine rings is 1. The van der Waals surface area contributed by atoms with Crippen molar-refractivity contribution in [2.75, 3.05) is 0 Å². The highest BCUT2D eigenvalue weighted by Gasteiger charge is 2.29. The van der Waals surface area contributed by atoms with Gasteiger partial charge in [-0.1, -0.05) is 0 Å². The van der Waals surface area contributed by atoms with E-state index < -0.39 is 0 Å². The fourth-order valence-corrected chi connectivity index (χ4v) is 4.48. The van der Waals surface area contributed by atoms with E-state index in [0.717, 1.165) is 30.5 Å². The van der Waals surface area contributed by atoms with Crippen molar-refractivity contribution in [3.05, 3.63) is 28.4 Å². The summed E-state index contributed by atoms with van der Waals surface area (Å²) in [4.78, 5) is 27.9. The maximum Gasteiger partial charge on any atom is 0.291 e. The zero-order valence-electron chi connectivity index (χ0n) is 16.4. The molecule has 1 aliphatic rings. The number of aromatic nitrogens is 3. The van der Waals surface area contributed by atoms with E-state index >= 15 is 0 Å². The molecule has 0 aromatic carbocycles. The summed E-state index contributed by atoms with van der Waals surface area (Å²) < 4.78 is 9.01. The second kappa shape index (κ2) is 6.55. The third kappa shape index (κ3) is 2.76. The molecule has 7 nitrogen and oxygen atoms in total. The Labute approximate surface area is 157 Å². The lowest BCUT2D eigenvalue weighted by molar-refractivity contribution is -0.138. The van der Waals surface area contributed by atoms with Crippen LogP contribution in [0.15, 0.2) is 21.5 Å². The summed E-state index contributed by atoms with van der Waals surface area (Å²) in [5, 5.41) is 4.98. The Morgan fingerprint density at radius 2 is 2.00 bits per heavy atom. The molecule has 0 N–H and O–H groups in total. The molecular formula is C20H26N4O3. The minimum Gasteiger partial charge on any atom is -0.459 e. The number of likely N-dealkylation sites (tertiary alicyclic amines) is 1. The van der Waals surface area contributed by atoms with Crippen molar-refractivity contribution in [1.82, 2.24) is 19.2 Å². The lowest BCUT2D eigenvalue weighted by atomic mass is 9.97. The number of amides is 1. The van der Waals surface area contributed by atoms with Crippen LogP contribution in [0.2, 0.25) is 0 Å². The molecule has 4 rings (SSSR count). The molecule has 27 heavy (non-hydrogen) atoms. The van der Waals surface area contributed by atoms with E-state index in [9.17, 15) is 9.59 Å². The number of fused-ring (bicyclic) bond motifs is 3. The molecule has 0 bridgehead atoms. The van der Waals surface area contributed by atoms with Crippen LogP contribution in [0.5, 0.6) is 0 Å². The van der Waals surface area contributed by atoms with Crippen LogP contribution < -0.4 is 5.56 Å². The number of carbonyl (C=O) groups is 1. The van der Waals surface area contributed by atoms with Crippen molar-refractivity contribution in [3.8, 4) is 0 Å². The Morgan fingerprint density at radius 3 is 2.67 bits per heavy atom. The van der Waals surface area contributed by atoms with Crippen molar-refractivity contribution in [1.29, 1.82) is 0 Å². The van der Waals surface area contributed by atoms with Crippen LogP contribution in [0.1, 0.15) is 45.8 Å². The standard InChI is InChI=1S/C20H26N4O3/c1-5-22-16-9-14(4)27-19(16)15-10-21-23(20(26)18(15)22)11-17(25)24-12(2)7-6-8-13(24)3/h9-10,12-13H,5-8,11H2,1-4H3. The number of aryl methyl sites for hydroxylation is 2. The van der Waals surface area contributed by atoms with Crippen LogP contribution in [-0.2, 0) is 17.9 Å². The Kier molecular flexibility index (Phi) is 4.32. The Balaban J connectivity index is 1.76. The summed E-state index contributed by atoms with van der Waals surface area (Å²) in [5.74, 6) is 0.759. The quantitative estimate of drug-likeness (QED) is 0.710. The first-order chi connectivity index (χ1) is 12.9. The predicted octanol–water partition coefficient (Wildman–Crippen LogP) is 3.06. The number of carbonyl (C=O) groups excluding carboxylic acids is 1. The first-order valence-corrected chi connectivity index (χ1v) is 9.72. The Hall–Kier alpha value is -2.57. The number of nitrogens with zero attached hydrogens (tertiary/aromatic N) is 4. The van der Waals surface area contributed by atoms with E-state index in [4.69, 9.17) is 4.42 Å². The zero-order valence-corrected chi connectivity index (χ0v) is 16.4. The average Bonchev–Trinajstić information content (AvgIpc) is 3.12. The lowest BCUT2D eigenvalue weighted by Crippen LogP contribution is -2.49. The normalized spacial score (nSPS) is 20.7. The van der Waals surface area contributed by atoms with Crippen molar-refractivity contribution in [2.24, 2.45) is 0 Å². The van der Waals surface area contributed by atoms with E-state index in [-0.39, 0.29) is 30.1 Å². The number of hydrogen-bond acceptors (Lipinski definition) is 4. The van der Waals surface area contributed by atoms with Crippen molar-refractivity contribution >= 4 is 27.9 Å². The second-order valence-corrected chi connectivity index (χ2v) is 7.62. The van der Waals surface area contributed by atoms with Crippen molar-refractivity contribution < 1.29 is 9.21 Å². The second-order valence-electron chi connectivity index (χ2n) is 7.62. The highest BCUT2D eigenvalue weighted by molar-refractivity contribution is 6.04. The fourth-order valence-electron chi connectivity index (χ4n) is 4.48. The van der Waals surface area contributed by atoms with Crippen LogP contribution in [0.25, 0.3) is 22.0 Å². The molecule has 1 amide bonds. The van der Waals surface area contributed by atoms with Crippen LogP contribution in [0, 0.1) is 6.92 Å². The topological polar surface area (TPSA) is 73.3 Å². The van der Waals surface area contributed by atoms with Gasteiger partial charge < -0.3 is 13.9 Å². The van der Waals surface area contributed by atoms with Gasteiger partial charge in [-0.15, -0.1) is 0 Å². The molecule has 0 aliphatic carbocycles.